The molecule has 11 heavy (non-hydrogen) atoms. The Morgan fingerprint density at radius 2 is 1.36 bits per heavy atom. The van der Waals surface area contributed by atoms with Crippen molar-refractivity contribution < 1.29 is 0 Å². The average molecular weight is 148 g/mol. The van der Waals surface area contributed by atoms with Gasteiger partial charge in [0.15, 0.2) is 0 Å². The number of hydrogen-bond acceptors (Lipinski definition) is 0. The van der Waals surface area contributed by atoms with Gasteiger partial charge in [-0.2, -0.15) is 0 Å². The summed E-state index contributed by atoms with van der Waals surface area (Å²) < 4.78 is 0. The summed E-state index contributed by atoms with van der Waals surface area (Å²) in [5.74, 6) is 1.63. The van der Waals surface area contributed by atoms with Gasteiger partial charge in [0.2, 0.25) is 0 Å². The van der Waals surface area contributed by atoms with Crippen LogP contribution in [0.3, 0.4) is 0 Å². The molecule has 0 saturated heterocycles. The minimum Gasteiger partial charge on any atom is -0.0992 e. The first-order valence-electron chi connectivity index (χ1n) is 4.64. The highest BCUT2D eigenvalue weighted by atomic mass is 14.4. The molecule has 0 bridgehead atoms. The summed E-state index contributed by atoms with van der Waals surface area (Å²) in [7, 11) is 0. The molecule has 0 heteroatoms. The zero-order valence-corrected chi connectivity index (χ0v) is 7.10. The summed E-state index contributed by atoms with van der Waals surface area (Å²) in [6.45, 7) is 8.26. The Morgan fingerprint density at radius 3 is 1.82 bits per heavy atom. The van der Waals surface area contributed by atoms with Gasteiger partial charge in [-0.3, -0.25) is 0 Å². The summed E-state index contributed by atoms with van der Waals surface area (Å²) in [4.78, 5) is 0. The highest BCUT2D eigenvalue weighted by Crippen LogP contribution is 2.47. The van der Waals surface area contributed by atoms with Crippen LogP contribution in [0, 0.1) is 11.8 Å². The normalized spacial score (nSPS) is 37.5. The molecule has 2 unspecified atom stereocenters. The third-order valence-electron chi connectivity index (χ3n) is 3.27. The van der Waals surface area contributed by atoms with E-state index in [2.05, 4.69) is 13.2 Å². The standard InChI is InChI=1S/C11H16/c1-8-7-9(2)11-6-4-3-5-10(8)11/h10-11H,1-7H2. The van der Waals surface area contributed by atoms with E-state index in [4.69, 9.17) is 0 Å². The van der Waals surface area contributed by atoms with Crippen LogP contribution in [-0.4, -0.2) is 0 Å². The van der Waals surface area contributed by atoms with Crippen LogP contribution in [0.1, 0.15) is 32.1 Å². The van der Waals surface area contributed by atoms with Gasteiger partial charge in [0.1, 0.15) is 0 Å². The molecule has 0 N–H and O–H groups in total. The van der Waals surface area contributed by atoms with Gasteiger partial charge in [-0.25, -0.2) is 0 Å². The molecule has 60 valence electrons. The van der Waals surface area contributed by atoms with Crippen molar-refractivity contribution in [3.8, 4) is 0 Å². The number of rotatable bonds is 0. The van der Waals surface area contributed by atoms with Gasteiger partial charge >= 0.3 is 0 Å². The third-order valence-corrected chi connectivity index (χ3v) is 3.27. The highest BCUT2D eigenvalue weighted by molar-refractivity contribution is 5.26. The van der Waals surface area contributed by atoms with Crippen molar-refractivity contribution in [1.29, 1.82) is 0 Å². The molecule has 0 aromatic heterocycles. The van der Waals surface area contributed by atoms with Gasteiger partial charge in [-0.15, -0.1) is 0 Å². The number of hydrogen-bond donors (Lipinski definition) is 0. The fourth-order valence-electron chi connectivity index (χ4n) is 2.66. The quantitative estimate of drug-likeness (QED) is 0.462. The zero-order valence-electron chi connectivity index (χ0n) is 7.10. The first kappa shape index (κ1) is 7.15. The summed E-state index contributed by atoms with van der Waals surface area (Å²) >= 11 is 0. The van der Waals surface area contributed by atoms with Gasteiger partial charge in [0.25, 0.3) is 0 Å². The Hall–Kier alpha value is -0.520. The van der Waals surface area contributed by atoms with Crippen LogP contribution >= 0.6 is 0 Å². The Kier molecular flexibility index (Phi) is 1.63. The second-order valence-electron chi connectivity index (χ2n) is 3.99. The van der Waals surface area contributed by atoms with Gasteiger partial charge in [0, 0.05) is 0 Å². The fourth-order valence-corrected chi connectivity index (χ4v) is 2.66. The van der Waals surface area contributed by atoms with E-state index >= 15 is 0 Å². The van der Waals surface area contributed by atoms with Crippen molar-refractivity contribution in [2.75, 3.05) is 0 Å². The predicted molar refractivity (Wildman–Crippen MR) is 48.3 cm³/mol. The highest BCUT2D eigenvalue weighted by Gasteiger charge is 2.34. The first-order chi connectivity index (χ1) is 5.29. The molecule has 0 heterocycles. The van der Waals surface area contributed by atoms with E-state index in [0.717, 1.165) is 18.3 Å². The van der Waals surface area contributed by atoms with Crippen molar-refractivity contribution in [1.82, 2.24) is 0 Å². The van der Waals surface area contributed by atoms with Crippen LogP contribution in [0.4, 0.5) is 0 Å². The van der Waals surface area contributed by atoms with Gasteiger partial charge in [-0.1, -0.05) is 37.1 Å². The van der Waals surface area contributed by atoms with Crippen LogP contribution in [0.5, 0.6) is 0 Å². The van der Waals surface area contributed by atoms with Crippen LogP contribution < -0.4 is 0 Å². The van der Waals surface area contributed by atoms with E-state index in [0.29, 0.717) is 0 Å². The molecular formula is C11H16. The third kappa shape index (κ3) is 1.05. The lowest BCUT2D eigenvalue weighted by Gasteiger charge is -2.25. The van der Waals surface area contributed by atoms with Crippen LogP contribution in [0.25, 0.3) is 0 Å². The number of allylic oxidation sites excluding steroid dienone is 2. The van der Waals surface area contributed by atoms with Crippen molar-refractivity contribution in [2.24, 2.45) is 11.8 Å². The van der Waals surface area contributed by atoms with E-state index in [-0.39, 0.29) is 0 Å². The molecule has 0 amide bonds. The van der Waals surface area contributed by atoms with Crippen molar-refractivity contribution in [3.05, 3.63) is 24.3 Å². The molecule has 2 aliphatic carbocycles. The molecule has 0 aliphatic heterocycles. The molecule has 2 saturated carbocycles. The molecule has 0 aromatic carbocycles. The Morgan fingerprint density at radius 1 is 0.909 bits per heavy atom. The predicted octanol–water partition coefficient (Wildman–Crippen LogP) is 3.31. The molecule has 0 spiro atoms. The lowest BCUT2D eigenvalue weighted by Crippen LogP contribution is -2.14. The molecule has 2 aliphatic rings. The molecule has 0 nitrogen and oxygen atoms in total. The summed E-state index contributed by atoms with van der Waals surface area (Å²) in [5.41, 5.74) is 2.92. The van der Waals surface area contributed by atoms with E-state index in [1.165, 1.54) is 36.8 Å². The second kappa shape index (κ2) is 2.51. The second-order valence-corrected chi connectivity index (χ2v) is 3.99. The minimum atomic E-state index is 0.816. The van der Waals surface area contributed by atoms with Gasteiger partial charge < -0.3 is 0 Å². The van der Waals surface area contributed by atoms with Crippen molar-refractivity contribution in [2.45, 2.75) is 32.1 Å². The molecule has 2 rings (SSSR count). The monoisotopic (exact) mass is 148 g/mol. The zero-order chi connectivity index (χ0) is 7.84. The van der Waals surface area contributed by atoms with Crippen molar-refractivity contribution in [3.63, 3.8) is 0 Å². The average Bonchev–Trinajstić information content (AvgIpc) is 2.30. The Labute approximate surface area is 69.0 Å². The lowest BCUT2D eigenvalue weighted by atomic mass is 9.79. The molecule has 2 atom stereocenters. The van der Waals surface area contributed by atoms with E-state index < -0.39 is 0 Å². The van der Waals surface area contributed by atoms with Crippen molar-refractivity contribution >= 4 is 0 Å². The largest absolute Gasteiger partial charge is 0.0992 e. The molecule has 0 radical (unpaired) electrons. The Bertz CT molecular complexity index is 178. The minimum absolute atomic E-state index is 0.816. The smallest absolute Gasteiger partial charge is 0.0108 e. The van der Waals surface area contributed by atoms with Crippen LogP contribution in [0.15, 0.2) is 24.3 Å². The van der Waals surface area contributed by atoms with Crippen LogP contribution in [-0.2, 0) is 0 Å². The topological polar surface area (TPSA) is 0 Å². The Balaban J connectivity index is 2.19. The number of fused-ring (bicyclic) bond motifs is 1. The molecular weight excluding hydrogens is 132 g/mol. The lowest BCUT2D eigenvalue weighted by molar-refractivity contribution is 0.338. The maximum absolute atomic E-state index is 4.13. The van der Waals surface area contributed by atoms with E-state index in [9.17, 15) is 0 Å². The summed E-state index contributed by atoms with van der Waals surface area (Å²) in [5, 5.41) is 0. The van der Waals surface area contributed by atoms with Gasteiger partial charge in [-0.05, 0) is 31.1 Å². The molecule has 0 aromatic rings. The summed E-state index contributed by atoms with van der Waals surface area (Å²) in [6.07, 6.45) is 6.70. The fraction of sp³-hybridized carbons (Fsp3) is 0.636. The SMILES string of the molecule is C=C1CC(=C)C2CCCCC12. The van der Waals surface area contributed by atoms with Gasteiger partial charge in [0.05, 0.1) is 0 Å². The maximum Gasteiger partial charge on any atom is -0.0108 e. The maximum atomic E-state index is 4.13. The summed E-state index contributed by atoms with van der Waals surface area (Å²) in [6, 6.07) is 0. The van der Waals surface area contributed by atoms with E-state index in [1.807, 2.05) is 0 Å². The van der Waals surface area contributed by atoms with Crippen LogP contribution in [0.2, 0.25) is 0 Å². The first-order valence-corrected chi connectivity index (χ1v) is 4.64. The molecule has 2 fully saturated rings. The van der Waals surface area contributed by atoms with E-state index in [1.54, 1.807) is 0 Å².